The molecule has 122 valence electrons. The third-order valence-corrected chi connectivity index (χ3v) is 6.06. The minimum atomic E-state index is -1.43. The Morgan fingerprint density at radius 3 is 2.67 bits per heavy atom. The number of nitrogens with one attached hydrogen (secondary N) is 1. The number of amidine groups is 1. The summed E-state index contributed by atoms with van der Waals surface area (Å²) in [7, 11) is 0. The van der Waals surface area contributed by atoms with E-state index in [1.807, 2.05) is 19.9 Å². The lowest BCUT2D eigenvalue weighted by atomic mass is 9.84. The fraction of sp³-hybridized carbons (Fsp3) is 0.471. The van der Waals surface area contributed by atoms with Gasteiger partial charge < -0.3 is 9.47 Å². The second-order valence-electron chi connectivity index (χ2n) is 6.75. The van der Waals surface area contributed by atoms with Crippen LogP contribution in [0.4, 0.5) is 0 Å². The first-order chi connectivity index (χ1) is 11.3. The Morgan fingerprint density at radius 1 is 1.38 bits per heavy atom. The zero-order valence-electron chi connectivity index (χ0n) is 13.3. The number of rotatable bonds is 1. The SMILES string of the molecule is C[C@@H]1CO[C@@]2([NH+]=C(N)[C@@]3(C#N)[C@](C)(c4cccc(Cl)c4)[C@@]23C#N)O1. The summed E-state index contributed by atoms with van der Waals surface area (Å²) in [6.07, 6.45) is -0.214. The number of fused-ring (bicyclic) bond motifs is 2. The first-order valence-corrected chi connectivity index (χ1v) is 8.04. The van der Waals surface area contributed by atoms with Gasteiger partial charge in [-0.2, -0.15) is 10.5 Å². The van der Waals surface area contributed by atoms with E-state index in [4.69, 9.17) is 26.8 Å². The number of nitriles is 2. The van der Waals surface area contributed by atoms with Gasteiger partial charge in [0.1, 0.15) is 0 Å². The molecule has 4 rings (SSSR count). The average molecular weight is 344 g/mol. The molecule has 0 bridgehead atoms. The number of ether oxygens (including phenoxy) is 2. The van der Waals surface area contributed by atoms with Crippen LogP contribution in [0.3, 0.4) is 0 Å². The van der Waals surface area contributed by atoms with Gasteiger partial charge >= 0.3 is 5.91 Å². The molecule has 0 amide bonds. The maximum Gasteiger partial charge on any atom is 0.344 e. The Hall–Kier alpha value is -2.12. The van der Waals surface area contributed by atoms with Crippen LogP contribution in [-0.2, 0) is 14.9 Å². The Balaban J connectivity index is 2.00. The van der Waals surface area contributed by atoms with Crippen LogP contribution in [0.1, 0.15) is 19.4 Å². The van der Waals surface area contributed by atoms with Crippen LogP contribution in [-0.4, -0.2) is 24.5 Å². The highest BCUT2D eigenvalue weighted by Crippen LogP contribution is 2.82. The highest BCUT2D eigenvalue weighted by molar-refractivity contribution is 6.30. The van der Waals surface area contributed by atoms with Crippen LogP contribution < -0.4 is 10.7 Å². The number of benzene rings is 1. The molecule has 2 heterocycles. The molecule has 0 aromatic heterocycles. The lowest BCUT2D eigenvalue weighted by Crippen LogP contribution is -2.90. The molecular weight excluding hydrogens is 328 g/mol. The summed E-state index contributed by atoms with van der Waals surface area (Å²) in [4.78, 5) is 2.95. The Bertz CT molecular complexity index is 874. The third-order valence-electron chi connectivity index (χ3n) is 5.82. The van der Waals surface area contributed by atoms with Gasteiger partial charge in [0, 0.05) is 5.02 Å². The second kappa shape index (κ2) is 4.29. The fourth-order valence-electron chi connectivity index (χ4n) is 4.74. The molecule has 1 aromatic carbocycles. The molecule has 0 unspecified atom stereocenters. The standard InChI is InChI=1S/C17H15ClN4O2/c1-10-7-23-17(24-10)16(9-20)14(2,11-4-3-5-12(18)6-11)15(16,8-19)13(21)22-17/h3-6,10H,7H2,1-2H3,(H2,21,22)/p+1/t10-,14+,15+,16-,17-/m1/s1. The maximum atomic E-state index is 10.2. The number of hydrogen-bond acceptors (Lipinski definition) is 5. The molecule has 2 fully saturated rings. The molecule has 3 N–H and O–H groups in total. The molecule has 7 heteroatoms. The third kappa shape index (κ3) is 1.23. The lowest BCUT2D eigenvalue weighted by molar-refractivity contribution is -0.679. The average Bonchev–Trinajstić information content (AvgIpc) is 2.73. The van der Waals surface area contributed by atoms with E-state index in [2.05, 4.69) is 17.1 Å². The maximum absolute atomic E-state index is 10.2. The molecule has 1 spiro atoms. The van der Waals surface area contributed by atoms with Crippen molar-refractivity contribution in [3.05, 3.63) is 34.9 Å². The summed E-state index contributed by atoms with van der Waals surface area (Å²) >= 11 is 6.14. The van der Waals surface area contributed by atoms with E-state index in [1.165, 1.54) is 0 Å². The number of nitrogens with zero attached hydrogens (tertiary/aromatic N) is 2. The van der Waals surface area contributed by atoms with Crippen LogP contribution in [0.25, 0.3) is 0 Å². The van der Waals surface area contributed by atoms with Gasteiger partial charge in [-0.05, 0) is 24.6 Å². The van der Waals surface area contributed by atoms with E-state index >= 15 is 0 Å². The second-order valence-corrected chi connectivity index (χ2v) is 7.19. The van der Waals surface area contributed by atoms with Gasteiger partial charge in [0.15, 0.2) is 10.8 Å². The van der Waals surface area contributed by atoms with Crippen molar-refractivity contribution >= 4 is 17.4 Å². The van der Waals surface area contributed by atoms with Gasteiger partial charge in [-0.15, -0.1) is 0 Å². The topological polar surface area (TPSA) is 106 Å². The molecular formula is C17H16ClN4O2+. The van der Waals surface area contributed by atoms with Crippen molar-refractivity contribution in [2.45, 2.75) is 31.3 Å². The van der Waals surface area contributed by atoms with E-state index in [0.29, 0.717) is 11.6 Å². The van der Waals surface area contributed by atoms with Crippen molar-refractivity contribution in [2.75, 3.05) is 6.61 Å². The van der Waals surface area contributed by atoms with Crippen molar-refractivity contribution in [3.8, 4) is 12.1 Å². The number of halogens is 1. The van der Waals surface area contributed by atoms with Crippen molar-refractivity contribution in [3.63, 3.8) is 0 Å². The minimum Gasteiger partial charge on any atom is -0.311 e. The van der Waals surface area contributed by atoms with Crippen molar-refractivity contribution in [1.29, 1.82) is 10.5 Å². The highest BCUT2D eigenvalue weighted by atomic mass is 35.5. The fourth-order valence-corrected chi connectivity index (χ4v) is 4.93. The molecule has 1 saturated carbocycles. The number of hydrogen-bond donors (Lipinski definition) is 2. The van der Waals surface area contributed by atoms with Crippen molar-refractivity contribution < 1.29 is 14.5 Å². The van der Waals surface area contributed by atoms with Crippen LogP contribution in [0.15, 0.2) is 24.3 Å². The molecule has 5 atom stereocenters. The van der Waals surface area contributed by atoms with Gasteiger partial charge in [0.2, 0.25) is 0 Å². The first-order valence-electron chi connectivity index (χ1n) is 7.66. The summed E-state index contributed by atoms with van der Waals surface area (Å²) in [6.45, 7) is 4.01. The lowest BCUT2D eigenvalue weighted by Gasteiger charge is -2.27. The molecule has 6 nitrogen and oxygen atoms in total. The monoisotopic (exact) mass is 343 g/mol. The molecule has 0 radical (unpaired) electrons. The summed E-state index contributed by atoms with van der Waals surface area (Å²) in [5.41, 5.74) is 3.50. The van der Waals surface area contributed by atoms with Crippen molar-refractivity contribution in [2.24, 2.45) is 16.6 Å². The van der Waals surface area contributed by atoms with Crippen LogP contribution in [0.2, 0.25) is 5.02 Å². The molecule has 1 saturated heterocycles. The number of nitrogens with two attached hydrogens (primary N) is 1. The summed E-state index contributed by atoms with van der Waals surface area (Å²) in [5.74, 6) is -1.24. The van der Waals surface area contributed by atoms with Crippen LogP contribution in [0, 0.1) is 33.5 Å². The normalized spacial score (nSPS) is 45.4. The Morgan fingerprint density at radius 2 is 2.12 bits per heavy atom. The molecule has 1 aromatic rings. The van der Waals surface area contributed by atoms with Gasteiger partial charge in [0.05, 0.1) is 30.3 Å². The molecule has 3 aliphatic rings. The summed E-state index contributed by atoms with van der Waals surface area (Å²) in [5, 5.41) is 20.7. The van der Waals surface area contributed by atoms with Crippen LogP contribution in [0.5, 0.6) is 0 Å². The quantitative estimate of drug-likeness (QED) is 0.756. The van der Waals surface area contributed by atoms with E-state index in [0.717, 1.165) is 5.56 Å². The van der Waals surface area contributed by atoms with E-state index in [-0.39, 0.29) is 11.9 Å². The smallest absolute Gasteiger partial charge is 0.311 e. The molecule has 2 aliphatic heterocycles. The van der Waals surface area contributed by atoms with E-state index in [1.54, 1.807) is 18.2 Å². The van der Waals surface area contributed by atoms with Gasteiger partial charge in [-0.25, -0.2) is 4.99 Å². The highest BCUT2D eigenvalue weighted by Gasteiger charge is 3.03. The Kier molecular flexibility index (Phi) is 2.75. The van der Waals surface area contributed by atoms with Crippen LogP contribution >= 0.6 is 11.6 Å². The minimum absolute atomic E-state index is 0.197. The van der Waals surface area contributed by atoms with Gasteiger partial charge in [-0.1, -0.05) is 30.7 Å². The Labute approximate surface area is 144 Å². The summed E-state index contributed by atoms with van der Waals surface area (Å²) in [6, 6.07) is 11.8. The predicted octanol–water partition coefficient (Wildman–Crippen LogP) is 0.172. The zero-order valence-corrected chi connectivity index (χ0v) is 14.0. The molecule has 1 aliphatic carbocycles. The zero-order chi connectivity index (χ0) is 17.4. The largest absolute Gasteiger partial charge is 0.344 e. The summed E-state index contributed by atoms with van der Waals surface area (Å²) < 4.78 is 11.8. The van der Waals surface area contributed by atoms with Gasteiger partial charge in [-0.3, -0.25) is 5.73 Å². The van der Waals surface area contributed by atoms with E-state index in [9.17, 15) is 10.5 Å². The first kappa shape index (κ1) is 15.4. The van der Waals surface area contributed by atoms with Gasteiger partial charge in [0.25, 0.3) is 5.84 Å². The predicted molar refractivity (Wildman–Crippen MR) is 84.3 cm³/mol. The van der Waals surface area contributed by atoms with Crippen molar-refractivity contribution in [1.82, 2.24) is 0 Å². The van der Waals surface area contributed by atoms with E-state index < -0.39 is 22.2 Å². The molecule has 24 heavy (non-hydrogen) atoms.